The molecule has 128 valence electrons. The second-order valence-electron chi connectivity index (χ2n) is 7.50. The van der Waals surface area contributed by atoms with Gasteiger partial charge in [0.1, 0.15) is 0 Å². The van der Waals surface area contributed by atoms with Crippen LogP contribution in [0.1, 0.15) is 37.8 Å². The summed E-state index contributed by atoms with van der Waals surface area (Å²) in [5.41, 5.74) is 1.39. The van der Waals surface area contributed by atoms with Gasteiger partial charge >= 0.3 is 0 Å². The molecule has 3 aliphatic rings. The van der Waals surface area contributed by atoms with Gasteiger partial charge in [0.25, 0.3) is 0 Å². The van der Waals surface area contributed by atoms with Gasteiger partial charge in [-0.25, -0.2) is 0 Å². The summed E-state index contributed by atoms with van der Waals surface area (Å²) in [5, 5.41) is 4.59. The van der Waals surface area contributed by atoms with Crippen molar-refractivity contribution in [2.45, 2.75) is 51.2 Å². The Bertz CT molecular complexity index is 491. The lowest BCUT2D eigenvalue weighted by atomic mass is 10.0. The van der Waals surface area contributed by atoms with Crippen molar-refractivity contribution in [3.8, 4) is 0 Å². The number of piperidine rings is 1. The molecule has 5 heteroatoms. The zero-order valence-electron chi connectivity index (χ0n) is 14.2. The molecule has 4 heterocycles. The number of hydrogen-bond donors (Lipinski definition) is 0. The van der Waals surface area contributed by atoms with E-state index in [1.807, 2.05) is 6.20 Å². The van der Waals surface area contributed by atoms with E-state index in [2.05, 4.69) is 25.6 Å². The minimum atomic E-state index is 0.689. The predicted molar refractivity (Wildman–Crippen MR) is 90.3 cm³/mol. The third-order valence-electron chi connectivity index (χ3n) is 5.77. The van der Waals surface area contributed by atoms with Gasteiger partial charge in [-0.2, -0.15) is 5.10 Å². The van der Waals surface area contributed by atoms with Crippen molar-refractivity contribution in [3.63, 3.8) is 0 Å². The quantitative estimate of drug-likeness (QED) is 0.853. The Morgan fingerprint density at radius 1 is 1.09 bits per heavy atom. The van der Waals surface area contributed by atoms with Gasteiger partial charge in [0.2, 0.25) is 0 Å². The zero-order chi connectivity index (χ0) is 15.5. The average molecular weight is 318 g/mol. The van der Waals surface area contributed by atoms with Crippen LogP contribution in [-0.4, -0.2) is 65.0 Å². The standard InChI is InChI=1S/C18H30N4O/c1-2-8-20(9-3-1)12-16-13-21(17-5-10-23-11-6-17)15-18-4-7-19-22(18)14-16/h4,7,16-17H,1-3,5-6,8-15H2/t16-/m1/s1. The van der Waals surface area contributed by atoms with Gasteiger partial charge in [-0.05, 0) is 44.8 Å². The fourth-order valence-electron chi connectivity index (χ4n) is 4.52. The van der Waals surface area contributed by atoms with E-state index in [9.17, 15) is 0 Å². The minimum absolute atomic E-state index is 0.689. The van der Waals surface area contributed by atoms with E-state index in [4.69, 9.17) is 4.74 Å². The Labute approximate surface area is 139 Å². The molecule has 0 N–H and O–H groups in total. The van der Waals surface area contributed by atoms with Crippen LogP contribution in [0.15, 0.2) is 12.3 Å². The minimum Gasteiger partial charge on any atom is -0.381 e. The SMILES string of the molecule is c1cc2n(n1)C[C@H](CN1CCCCC1)CN(C1CCOCC1)C2. The normalized spacial score (nSPS) is 28.4. The molecule has 1 aromatic heterocycles. The molecule has 0 aliphatic carbocycles. The van der Waals surface area contributed by atoms with Crippen molar-refractivity contribution in [3.05, 3.63) is 18.0 Å². The molecule has 0 saturated carbocycles. The Morgan fingerprint density at radius 3 is 2.74 bits per heavy atom. The number of likely N-dealkylation sites (tertiary alicyclic amines) is 1. The van der Waals surface area contributed by atoms with Gasteiger partial charge in [0, 0.05) is 57.5 Å². The Morgan fingerprint density at radius 2 is 1.91 bits per heavy atom. The van der Waals surface area contributed by atoms with Crippen molar-refractivity contribution >= 4 is 0 Å². The summed E-state index contributed by atoms with van der Waals surface area (Å²) < 4.78 is 7.83. The fraction of sp³-hybridized carbons (Fsp3) is 0.833. The molecule has 0 spiro atoms. The summed E-state index contributed by atoms with van der Waals surface area (Å²) in [6, 6.07) is 2.89. The van der Waals surface area contributed by atoms with E-state index in [0.717, 1.165) is 26.3 Å². The monoisotopic (exact) mass is 318 g/mol. The Balaban J connectivity index is 1.47. The van der Waals surface area contributed by atoms with Gasteiger partial charge in [0.15, 0.2) is 0 Å². The maximum absolute atomic E-state index is 5.57. The molecule has 0 aromatic carbocycles. The Hall–Kier alpha value is -0.910. The second-order valence-corrected chi connectivity index (χ2v) is 7.50. The van der Waals surface area contributed by atoms with Crippen LogP contribution < -0.4 is 0 Å². The van der Waals surface area contributed by atoms with E-state index in [1.165, 1.54) is 64.0 Å². The van der Waals surface area contributed by atoms with Crippen LogP contribution in [0.4, 0.5) is 0 Å². The van der Waals surface area contributed by atoms with Gasteiger partial charge < -0.3 is 9.64 Å². The van der Waals surface area contributed by atoms with Crippen LogP contribution in [0.2, 0.25) is 0 Å². The first-order valence-corrected chi connectivity index (χ1v) is 9.43. The first kappa shape index (κ1) is 15.6. The molecule has 4 rings (SSSR count). The molecule has 1 atom stereocenters. The molecule has 0 radical (unpaired) electrons. The van der Waals surface area contributed by atoms with E-state index in [1.54, 1.807) is 0 Å². The summed E-state index contributed by atoms with van der Waals surface area (Å²) >= 11 is 0. The highest BCUT2D eigenvalue weighted by atomic mass is 16.5. The maximum Gasteiger partial charge on any atom is 0.0524 e. The molecule has 1 aromatic rings. The lowest BCUT2D eigenvalue weighted by Gasteiger charge is -2.36. The number of aromatic nitrogens is 2. The third kappa shape index (κ3) is 3.78. The topological polar surface area (TPSA) is 33.5 Å². The highest BCUT2D eigenvalue weighted by Gasteiger charge is 2.29. The molecule has 0 unspecified atom stereocenters. The number of nitrogens with zero attached hydrogens (tertiary/aromatic N) is 4. The van der Waals surface area contributed by atoms with Crippen molar-refractivity contribution in [2.24, 2.45) is 5.92 Å². The second kappa shape index (κ2) is 7.32. The van der Waals surface area contributed by atoms with Crippen molar-refractivity contribution < 1.29 is 4.74 Å². The van der Waals surface area contributed by atoms with E-state index < -0.39 is 0 Å². The number of hydrogen-bond acceptors (Lipinski definition) is 4. The van der Waals surface area contributed by atoms with Crippen molar-refractivity contribution in [1.82, 2.24) is 19.6 Å². The molecule has 23 heavy (non-hydrogen) atoms. The van der Waals surface area contributed by atoms with E-state index in [0.29, 0.717) is 12.0 Å². The van der Waals surface area contributed by atoms with Crippen LogP contribution >= 0.6 is 0 Å². The van der Waals surface area contributed by atoms with Crippen LogP contribution in [0, 0.1) is 5.92 Å². The zero-order valence-corrected chi connectivity index (χ0v) is 14.2. The fourth-order valence-corrected chi connectivity index (χ4v) is 4.52. The van der Waals surface area contributed by atoms with Gasteiger partial charge in [-0.3, -0.25) is 9.58 Å². The molecule has 2 saturated heterocycles. The molecule has 5 nitrogen and oxygen atoms in total. The number of rotatable bonds is 3. The van der Waals surface area contributed by atoms with Gasteiger partial charge in [-0.15, -0.1) is 0 Å². The lowest BCUT2D eigenvalue weighted by molar-refractivity contribution is 0.0236. The molecule has 0 bridgehead atoms. The van der Waals surface area contributed by atoms with E-state index >= 15 is 0 Å². The number of fused-ring (bicyclic) bond motifs is 1. The summed E-state index contributed by atoms with van der Waals surface area (Å²) in [7, 11) is 0. The first-order chi connectivity index (χ1) is 11.4. The molecule has 3 aliphatic heterocycles. The molecular formula is C18H30N4O. The van der Waals surface area contributed by atoms with Crippen LogP contribution in [0.3, 0.4) is 0 Å². The smallest absolute Gasteiger partial charge is 0.0524 e. The average Bonchev–Trinajstić information content (AvgIpc) is 2.95. The first-order valence-electron chi connectivity index (χ1n) is 9.43. The van der Waals surface area contributed by atoms with Gasteiger partial charge in [0.05, 0.1) is 5.69 Å². The maximum atomic E-state index is 5.57. The van der Waals surface area contributed by atoms with E-state index in [-0.39, 0.29) is 0 Å². The highest BCUT2D eigenvalue weighted by Crippen LogP contribution is 2.24. The van der Waals surface area contributed by atoms with Crippen LogP contribution in [-0.2, 0) is 17.8 Å². The summed E-state index contributed by atoms with van der Waals surface area (Å²) in [4.78, 5) is 5.41. The van der Waals surface area contributed by atoms with Gasteiger partial charge in [-0.1, -0.05) is 6.42 Å². The molecular weight excluding hydrogens is 288 g/mol. The van der Waals surface area contributed by atoms with Crippen LogP contribution in [0.25, 0.3) is 0 Å². The molecule has 0 amide bonds. The summed E-state index contributed by atoms with van der Waals surface area (Å²) in [5.74, 6) is 0.692. The third-order valence-corrected chi connectivity index (χ3v) is 5.77. The lowest BCUT2D eigenvalue weighted by Crippen LogP contribution is -2.44. The van der Waals surface area contributed by atoms with Crippen molar-refractivity contribution in [2.75, 3.05) is 39.4 Å². The largest absolute Gasteiger partial charge is 0.381 e. The predicted octanol–water partition coefficient (Wildman–Crippen LogP) is 1.98. The number of ether oxygens (including phenoxy) is 1. The summed E-state index contributed by atoms with van der Waals surface area (Å²) in [6.45, 7) is 9.02. The van der Waals surface area contributed by atoms with Crippen LogP contribution in [0.5, 0.6) is 0 Å². The molecule has 2 fully saturated rings. The highest BCUT2D eigenvalue weighted by molar-refractivity contribution is 5.03. The summed E-state index contributed by atoms with van der Waals surface area (Å²) in [6.07, 6.45) is 8.52. The van der Waals surface area contributed by atoms with Crippen molar-refractivity contribution in [1.29, 1.82) is 0 Å². The Kier molecular flexibility index (Phi) is 4.97.